The van der Waals surface area contributed by atoms with Crippen LogP contribution < -0.4 is 0 Å². The van der Waals surface area contributed by atoms with Gasteiger partial charge in [0.05, 0.1) is 24.9 Å². The van der Waals surface area contributed by atoms with Gasteiger partial charge in [0.2, 0.25) is 0 Å². The molecule has 0 aliphatic carbocycles. The molecule has 4 nitrogen and oxygen atoms in total. The van der Waals surface area contributed by atoms with Crippen LogP contribution in [0.1, 0.15) is 20.3 Å². The Bertz CT molecular complexity index is 385. The minimum absolute atomic E-state index is 0.267. The lowest BCUT2D eigenvalue weighted by molar-refractivity contribution is -0.371. The van der Waals surface area contributed by atoms with Crippen molar-refractivity contribution in [3.8, 4) is 0 Å². The Kier molecular flexibility index (Phi) is 6.89. The van der Waals surface area contributed by atoms with Gasteiger partial charge in [-0.3, -0.25) is 0 Å². The molecule has 10 heteroatoms. The predicted molar refractivity (Wildman–Crippen MR) is 62.9 cm³/mol. The summed E-state index contributed by atoms with van der Waals surface area (Å²) >= 11 is 0. The number of rotatable bonds is 7. The molecule has 0 amide bonds. The number of halogens is 6. The summed E-state index contributed by atoms with van der Waals surface area (Å²) in [4.78, 5) is 11.3. The van der Waals surface area contributed by atoms with E-state index >= 15 is 0 Å². The highest BCUT2D eigenvalue weighted by atomic mass is 19.4. The molecule has 0 radical (unpaired) electrons. The highest BCUT2D eigenvalue weighted by Crippen LogP contribution is 2.45. The lowest BCUT2D eigenvalue weighted by atomic mass is 9.99. The van der Waals surface area contributed by atoms with E-state index in [0.717, 1.165) is 0 Å². The van der Waals surface area contributed by atoms with Crippen LogP contribution in [-0.4, -0.2) is 48.3 Å². The highest BCUT2D eigenvalue weighted by molar-refractivity contribution is 5.88. The van der Waals surface area contributed by atoms with Crippen molar-refractivity contribution < 1.29 is 45.7 Å². The quantitative estimate of drug-likeness (QED) is 0.336. The van der Waals surface area contributed by atoms with Crippen molar-refractivity contribution in [2.75, 3.05) is 13.2 Å². The van der Waals surface area contributed by atoms with Crippen molar-refractivity contribution in [1.29, 1.82) is 0 Å². The first-order valence-electron chi connectivity index (χ1n) is 6.04. The number of ether oxygens (including phenoxy) is 2. The molecule has 0 aromatic heterocycles. The van der Waals surface area contributed by atoms with Gasteiger partial charge in [-0.25, -0.2) is 4.79 Å². The Labute approximate surface area is 122 Å². The van der Waals surface area contributed by atoms with E-state index in [1.165, 1.54) is 0 Å². The topological polar surface area (TPSA) is 55.8 Å². The third kappa shape index (κ3) is 5.48. The first-order chi connectivity index (χ1) is 9.72. The van der Waals surface area contributed by atoms with E-state index in [9.17, 15) is 31.1 Å². The van der Waals surface area contributed by atoms with Gasteiger partial charge in [0.25, 0.3) is 5.60 Å². The molecule has 0 rings (SSSR count). The predicted octanol–water partition coefficient (Wildman–Crippen LogP) is 2.76. The second-order valence-corrected chi connectivity index (χ2v) is 4.72. The molecule has 0 aliphatic rings. The third-order valence-electron chi connectivity index (χ3n) is 2.45. The summed E-state index contributed by atoms with van der Waals surface area (Å²) in [6.45, 7) is 4.62. The molecule has 0 atom stereocenters. The van der Waals surface area contributed by atoms with E-state index in [4.69, 9.17) is 9.84 Å². The summed E-state index contributed by atoms with van der Waals surface area (Å²) in [5, 5.41) is 8.83. The SMILES string of the molecule is C=C(COCCC(O)(C(F)(F)F)C(F)(F)F)C(=O)OC(C)C. The van der Waals surface area contributed by atoms with Crippen molar-refractivity contribution in [2.24, 2.45) is 0 Å². The van der Waals surface area contributed by atoms with Gasteiger partial charge in [0.15, 0.2) is 0 Å². The standard InChI is InChI=1S/C12H16F6O4/c1-7(2)22-9(19)8(3)6-21-5-4-10(20,11(13,14)15)12(16,17)18/h7,20H,3-6H2,1-2H3. The second-order valence-electron chi connectivity index (χ2n) is 4.72. The van der Waals surface area contributed by atoms with Gasteiger partial charge in [0.1, 0.15) is 0 Å². The summed E-state index contributed by atoms with van der Waals surface area (Å²) in [6, 6.07) is 0. The van der Waals surface area contributed by atoms with Gasteiger partial charge in [-0.2, -0.15) is 26.3 Å². The maximum absolute atomic E-state index is 12.3. The first kappa shape index (κ1) is 20.7. The zero-order valence-electron chi connectivity index (χ0n) is 11.8. The van der Waals surface area contributed by atoms with E-state index in [1.807, 2.05) is 0 Å². The van der Waals surface area contributed by atoms with E-state index in [1.54, 1.807) is 13.8 Å². The number of aliphatic hydroxyl groups is 1. The Morgan fingerprint density at radius 3 is 1.95 bits per heavy atom. The van der Waals surface area contributed by atoms with Crippen LogP contribution >= 0.6 is 0 Å². The molecule has 22 heavy (non-hydrogen) atoms. The molecule has 0 bridgehead atoms. The smallest absolute Gasteiger partial charge is 0.426 e. The Morgan fingerprint density at radius 1 is 1.14 bits per heavy atom. The van der Waals surface area contributed by atoms with Crippen molar-refractivity contribution in [1.82, 2.24) is 0 Å². The summed E-state index contributed by atoms with van der Waals surface area (Å²) in [5.41, 5.74) is -5.14. The van der Waals surface area contributed by atoms with Crippen LogP contribution in [0.5, 0.6) is 0 Å². The number of esters is 1. The van der Waals surface area contributed by atoms with Gasteiger partial charge < -0.3 is 14.6 Å². The average Bonchev–Trinajstić information content (AvgIpc) is 2.30. The largest absolute Gasteiger partial charge is 0.460 e. The molecule has 0 fully saturated rings. The highest BCUT2D eigenvalue weighted by Gasteiger charge is 2.69. The summed E-state index contributed by atoms with van der Waals surface area (Å²) in [6.07, 6.45) is -14.0. The van der Waals surface area contributed by atoms with Crippen LogP contribution in [-0.2, 0) is 14.3 Å². The summed E-state index contributed by atoms with van der Waals surface area (Å²) < 4.78 is 83.3. The molecule has 0 aliphatic heterocycles. The molecule has 0 saturated heterocycles. The zero-order valence-corrected chi connectivity index (χ0v) is 11.8. The van der Waals surface area contributed by atoms with Crippen molar-refractivity contribution in [3.05, 3.63) is 12.2 Å². The molecule has 0 aromatic carbocycles. The van der Waals surface area contributed by atoms with Gasteiger partial charge in [0, 0.05) is 6.42 Å². The fourth-order valence-corrected chi connectivity index (χ4v) is 1.22. The summed E-state index contributed by atoms with van der Waals surface area (Å²) in [7, 11) is 0. The first-order valence-corrected chi connectivity index (χ1v) is 6.04. The molecule has 0 heterocycles. The molecule has 1 N–H and O–H groups in total. The molecule has 0 saturated carbocycles. The average molecular weight is 338 g/mol. The van der Waals surface area contributed by atoms with Crippen LogP contribution in [0.2, 0.25) is 0 Å². The van der Waals surface area contributed by atoms with Crippen molar-refractivity contribution in [3.63, 3.8) is 0 Å². The van der Waals surface area contributed by atoms with Crippen LogP contribution in [0.4, 0.5) is 26.3 Å². The van der Waals surface area contributed by atoms with Gasteiger partial charge in [-0.05, 0) is 13.8 Å². The molecule has 0 aromatic rings. The molecule has 0 unspecified atom stereocenters. The Morgan fingerprint density at radius 2 is 1.59 bits per heavy atom. The zero-order chi connectivity index (χ0) is 17.8. The van der Waals surface area contributed by atoms with Crippen LogP contribution in [0.15, 0.2) is 12.2 Å². The molecular formula is C12H16F6O4. The van der Waals surface area contributed by atoms with Crippen molar-refractivity contribution >= 4 is 5.97 Å². The lowest BCUT2D eigenvalue weighted by Gasteiger charge is -2.32. The van der Waals surface area contributed by atoms with Gasteiger partial charge in [-0.1, -0.05) is 6.58 Å². The molecule has 130 valence electrons. The molecular weight excluding hydrogens is 322 g/mol. The van der Waals surface area contributed by atoms with E-state index < -0.39 is 49.7 Å². The number of hydrogen-bond donors (Lipinski definition) is 1. The van der Waals surface area contributed by atoms with Gasteiger partial charge in [-0.15, -0.1) is 0 Å². The van der Waals surface area contributed by atoms with Crippen LogP contribution in [0.25, 0.3) is 0 Å². The van der Waals surface area contributed by atoms with E-state index in [-0.39, 0.29) is 5.57 Å². The van der Waals surface area contributed by atoms with Crippen LogP contribution in [0.3, 0.4) is 0 Å². The van der Waals surface area contributed by atoms with E-state index in [0.29, 0.717) is 0 Å². The monoisotopic (exact) mass is 338 g/mol. The molecule has 0 spiro atoms. The van der Waals surface area contributed by atoms with Crippen molar-refractivity contribution in [2.45, 2.75) is 44.3 Å². The minimum atomic E-state index is -5.90. The number of carbonyl (C=O) groups is 1. The van der Waals surface area contributed by atoms with Crippen LogP contribution in [0, 0.1) is 0 Å². The lowest BCUT2D eigenvalue weighted by Crippen LogP contribution is -2.57. The normalized spacial score (nSPS) is 13.4. The third-order valence-corrected chi connectivity index (χ3v) is 2.45. The minimum Gasteiger partial charge on any atom is -0.460 e. The fourth-order valence-electron chi connectivity index (χ4n) is 1.22. The van der Waals surface area contributed by atoms with E-state index in [2.05, 4.69) is 11.3 Å². The summed E-state index contributed by atoms with van der Waals surface area (Å²) in [5.74, 6) is -0.878. The Balaban J connectivity index is 4.50. The maximum atomic E-state index is 12.3. The number of alkyl halides is 6. The van der Waals surface area contributed by atoms with Gasteiger partial charge >= 0.3 is 18.3 Å². The maximum Gasteiger partial charge on any atom is 0.426 e. The number of hydrogen-bond acceptors (Lipinski definition) is 4. The second kappa shape index (κ2) is 7.32. The fraction of sp³-hybridized carbons (Fsp3) is 0.750. The Hall–Kier alpha value is -1.29. The number of carbonyl (C=O) groups excluding carboxylic acids is 1.